The van der Waals surface area contributed by atoms with E-state index in [2.05, 4.69) is 15.5 Å². The number of carbonyl (C=O) groups is 1. The molecule has 0 saturated heterocycles. The summed E-state index contributed by atoms with van der Waals surface area (Å²) in [6.45, 7) is 0. The molecule has 0 fully saturated rings. The molecule has 0 unspecified atom stereocenters. The Morgan fingerprint density at radius 3 is 2.46 bits per heavy atom. The number of rotatable bonds is 3. The predicted octanol–water partition coefficient (Wildman–Crippen LogP) is 1.51. The minimum absolute atomic E-state index is 0.296. The van der Waals surface area contributed by atoms with Gasteiger partial charge >= 0.3 is 6.09 Å². The van der Waals surface area contributed by atoms with Crippen LogP contribution in [-0.2, 0) is 4.84 Å². The Kier molecular flexibility index (Phi) is 2.80. The van der Waals surface area contributed by atoms with Crippen molar-refractivity contribution in [2.45, 2.75) is 0 Å². The normalized spacial score (nSPS) is 8.92. The summed E-state index contributed by atoms with van der Waals surface area (Å²) in [5, 5.41) is 2.70. The number of nitrogens with one attached hydrogen (secondary N) is 1. The van der Waals surface area contributed by atoms with E-state index >= 15 is 0 Å². The average molecular weight is 181 g/mol. The van der Waals surface area contributed by atoms with Crippen LogP contribution in [0.2, 0.25) is 0 Å². The zero-order valence-electron chi connectivity index (χ0n) is 6.56. The van der Waals surface area contributed by atoms with E-state index in [0.717, 1.165) is 0 Å². The van der Waals surface area contributed by atoms with Crippen LogP contribution < -0.4 is 11.2 Å². The summed E-state index contributed by atoms with van der Waals surface area (Å²) >= 11 is 0. The van der Waals surface area contributed by atoms with Gasteiger partial charge in [-0.1, -0.05) is 0 Å². The van der Waals surface area contributed by atoms with Crippen LogP contribution in [0.3, 0.4) is 0 Å². The Balaban J connectivity index is 2.59. The molecule has 0 aliphatic heterocycles. The number of anilines is 1. The molecule has 6 nitrogen and oxygen atoms in total. The molecule has 3 N–H and O–H groups in total. The first-order valence-corrected chi connectivity index (χ1v) is 3.38. The molecule has 1 aromatic carbocycles. The van der Waals surface area contributed by atoms with Gasteiger partial charge in [0.05, 0.1) is 5.69 Å². The maximum atomic E-state index is 10.2. The largest absolute Gasteiger partial charge is 0.428 e. The van der Waals surface area contributed by atoms with Gasteiger partial charge in [-0.2, -0.15) is 0 Å². The van der Waals surface area contributed by atoms with Gasteiger partial charge in [0, 0.05) is 0 Å². The number of nitrogens with zero attached hydrogens (tertiary/aromatic N) is 1. The quantitative estimate of drug-likeness (QED) is 0.545. The molecule has 0 spiro atoms. The molecule has 0 aliphatic rings. The molecule has 0 heterocycles. The molecule has 0 radical (unpaired) electrons. The summed E-state index contributed by atoms with van der Waals surface area (Å²) < 4.78 is 0. The van der Waals surface area contributed by atoms with Gasteiger partial charge in [0.25, 0.3) is 0 Å². The Bertz CT molecular complexity index is 309. The van der Waals surface area contributed by atoms with Gasteiger partial charge in [-0.3, -0.25) is 0 Å². The van der Waals surface area contributed by atoms with E-state index in [4.69, 9.17) is 5.73 Å². The molecule has 0 aliphatic carbocycles. The van der Waals surface area contributed by atoms with Crippen molar-refractivity contribution in [3.63, 3.8) is 0 Å². The zero-order chi connectivity index (χ0) is 9.68. The number of benzene rings is 1. The highest BCUT2D eigenvalue weighted by Crippen LogP contribution is 2.15. The van der Waals surface area contributed by atoms with Gasteiger partial charge < -0.3 is 10.6 Å². The predicted molar refractivity (Wildman–Crippen MR) is 46.2 cm³/mol. The van der Waals surface area contributed by atoms with Crippen molar-refractivity contribution in [2.75, 3.05) is 5.48 Å². The highest BCUT2D eigenvalue weighted by atomic mass is 16.7. The fourth-order valence-electron chi connectivity index (χ4n) is 0.700. The Morgan fingerprint density at radius 1 is 1.38 bits per heavy atom. The number of hydrogen-bond acceptors (Lipinski definition) is 5. The molecular formula is C7H7N3O3. The fourth-order valence-corrected chi connectivity index (χ4v) is 0.700. The number of hydrogen-bond donors (Lipinski definition) is 2. The van der Waals surface area contributed by atoms with E-state index < -0.39 is 6.09 Å². The molecule has 1 rings (SSSR count). The Hall–Kier alpha value is -2.11. The van der Waals surface area contributed by atoms with Crippen LogP contribution in [0.1, 0.15) is 0 Å². The number of nitroso groups, excluding NO2 is 1. The first-order valence-electron chi connectivity index (χ1n) is 3.38. The van der Waals surface area contributed by atoms with Crippen molar-refractivity contribution in [1.82, 2.24) is 0 Å². The van der Waals surface area contributed by atoms with Crippen LogP contribution in [0, 0.1) is 4.91 Å². The van der Waals surface area contributed by atoms with Crippen LogP contribution in [0.15, 0.2) is 29.4 Å². The molecule has 0 saturated carbocycles. The molecule has 0 atom stereocenters. The van der Waals surface area contributed by atoms with E-state index in [-0.39, 0.29) is 0 Å². The first-order chi connectivity index (χ1) is 6.22. The van der Waals surface area contributed by atoms with Gasteiger partial charge in [-0.05, 0) is 29.4 Å². The first kappa shape index (κ1) is 8.98. The fraction of sp³-hybridized carbons (Fsp3) is 0. The van der Waals surface area contributed by atoms with Crippen LogP contribution >= 0.6 is 0 Å². The second-order valence-corrected chi connectivity index (χ2v) is 2.16. The molecule has 13 heavy (non-hydrogen) atoms. The van der Waals surface area contributed by atoms with Crippen molar-refractivity contribution < 1.29 is 9.63 Å². The minimum Gasteiger partial charge on any atom is -0.333 e. The molecule has 1 amide bonds. The van der Waals surface area contributed by atoms with Gasteiger partial charge in [-0.25, -0.2) is 10.3 Å². The van der Waals surface area contributed by atoms with E-state index in [9.17, 15) is 9.70 Å². The van der Waals surface area contributed by atoms with Crippen molar-refractivity contribution in [3.05, 3.63) is 29.2 Å². The van der Waals surface area contributed by atoms with E-state index in [0.29, 0.717) is 11.4 Å². The smallest absolute Gasteiger partial charge is 0.333 e. The highest BCUT2D eigenvalue weighted by Gasteiger charge is 1.95. The lowest BCUT2D eigenvalue weighted by Gasteiger charge is -2.02. The summed E-state index contributed by atoms with van der Waals surface area (Å²) in [5.41, 5.74) is 7.78. The number of carbonyl (C=O) groups excluding carboxylic acids is 1. The molecule has 1 aromatic rings. The van der Waals surface area contributed by atoms with E-state index in [1.165, 1.54) is 24.3 Å². The Labute approximate surface area is 73.6 Å². The van der Waals surface area contributed by atoms with Gasteiger partial charge in [0.1, 0.15) is 5.69 Å². The second-order valence-electron chi connectivity index (χ2n) is 2.16. The van der Waals surface area contributed by atoms with Crippen LogP contribution in [0.5, 0.6) is 0 Å². The van der Waals surface area contributed by atoms with E-state index in [1.54, 1.807) is 0 Å². The summed E-state index contributed by atoms with van der Waals surface area (Å²) in [5.74, 6) is 0. The monoisotopic (exact) mass is 181 g/mol. The maximum absolute atomic E-state index is 10.2. The van der Waals surface area contributed by atoms with Gasteiger partial charge in [0.15, 0.2) is 0 Å². The summed E-state index contributed by atoms with van der Waals surface area (Å²) in [6.07, 6.45) is -0.933. The standard InChI is InChI=1S/C7H7N3O3/c8-7(11)13-10-6-3-1-5(9-12)2-4-6/h1-4,10H,(H2,8,11). The third-order valence-electron chi connectivity index (χ3n) is 1.24. The third kappa shape index (κ3) is 2.78. The molecular weight excluding hydrogens is 174 g/mol. The molecule has 6 heteroatoms. The van der Waals surface area contributed by atoms with Crippen LogP contribution in [0.4, 0.5) is 16.2 Å². The van der Waals surface area contributed by atoms with Crippen molar-refractivity contribution in [2.24, 2.45) is 10.9 Å². The topological polar surface area (TPSA) is 93.8 Å². The molecule has 68 valence electrons. The van der Waals surface area contributed by atoms with Crippen LogP contribution in [-0.4, -0.2) is 6.09 Å². The second kappa shape index (κ2) is 4.05. The zero-order valence-corrected chi connectivity index (χ0v) is 6.56. The maximum Gasteiger partial charge on any atom is 0.428 e. The SMILES string of the molecule is NC(=O)ONc1ccc(N=O)cc1. The molecule has 0 aromatic heterocycles. The minimum atomic E-state index is -0.933. The van der Waals surface area contributed by atoms with Gasteiger partial charge in [0.2, 0.25) is 0 Å². The van der Waals surface area contributed by atoms with Crippen molar-refractivity contribution >= 4 is 17.5 Å². The van der Waals surface area contributed by atoms with E-state index in [1.807, 2.05) is 0 Å². The summed E-state index contributed by atoms with van der Waals surface area (Å²) in [4.78, 5) is 24.5. The number of nitrogens with two attached hydrogens (primary N) is 1. The number of amides is 1. The average Bonchev–Trinajstić information content (AvgIpc) is 2.15. The third-order valence-corrected chi connectivity index (χ3v) is 1.24. The lowest BCUT2D eigenvalue weighted by molar-refractivity contribution is 0.180. The highest BCUT2D eigenvalue weighted by molar-refractivity contribution is 5.66. The number of primary amides is 1. The van der Waals surface area contributed by atoms with Crippen LogP contribution in [0.25, 0.3) is 0 Å². The lowest BCUT2D eigenvalue weighted by atomic mass is 10.3. The van der Waals surface area contributed by atoms with Crippen molar-refractivity contribution in [1.29, 1.82) is 0 Å². The van der Waals surface area contributed by atoms with Gasteiger partial charge in [-0.15, -0.1) is 4.91 Å². The summed E-state index contributed by atoms with van der Waals surface area (Å²) in [7, 11) is 0. The Morgan fingerprint density at radius 2 is 2.00 bits per heavy atom. The van der Waals surface area contributed by atoms with Crippen molar-refractivity contribution in [3.8, 4) is 0 Å². The molecule has 0 bridgehead atoms. The lowest BCUT2D eigenvalue weighted by Crippen LogP contribution is -2.16. The summed E-state index contributed by atoms with van der Waals surface area (Å²) in [6, 6.07) is 6.00.